The molecule has 3 heteroatoms. The minimum Gasteiger partial charge on any atom is -0.310 e. The molecule has 0 radical (unpaired) electrons. The molecule has 0 aliphatic heterocycles. The maximum absolute atomic E-state index is 4.24. The second-order valence-corrected chi connectivity index (χ2v) is 5.17. The zero-order chi connectivity index (χ0) is 12.0. The lowest BCUT2D eigenvalue weighted by Crippen LogP contribution is -2.27. The minimum atomic E-state index is 0.412. The third kappa shape index (κ3) is 3.87. The fourth-order valence-corrected chi connectivity index (χ4v) is 2.16. The Morgan fingerprint density at radius 3 is 2.69 bits per heavy atom. The summed E-state index contributed by atoms with van der Waals surface area (Å²) in [5.41, 5.74) is 1.28. The second kappa shape index (κ2) is 7.02. The second-order valence-electron chi connectivity index (χ2n) is 4.25. The summed E-state index contributed by atoms with van der Waals surface area (Å²) in [4.78, 5) is 4.24. The molecule has 0 spiro atoms. The van der Waals surface area contributed by atoms with E-state index < -0.39 is 0 Å². The van der Waals surface area contributed by atoms with E-state index in [2.05, 4.69) is 53.1 Å². The van der Waals surface area contributed by atoms with Gasteiger partial charge in [-0.15, -0.1) is 0 Å². The van der Waals surface area contributed by atoms with E-state index in [0.717, 1.165) is 17.4 Å². The molecular weight excluding hydrogens is 264 g/mol. The fourth-order valence-electron chi connectivity index (χ4n) is 1.78. The van der Waals surface area contributed by atoms with Gasteiger partial charge in [-0.25, -0.2) is 0 Å². The van der Waals surface area contributed by atoms with Crippen LogP contribution in [-0.4, -0.2) is 11.5 Å². The molecule has 1 rings (SSSR count). The molecule has 0 amide bonds. The first-order valence-electron chi connectivity index (χ1n) is 6.02. The Kier molecular flexibility index (Phi) is 5.99. The highest BCUT2D eigenvalue weighted by molar-refractivity contribution is 9.10. The van der Waals surface area contributed by atoms with Crippen LogP contribution in [0.3, 0.4) is 0 Å². The summed E-state index contributed by atoms with van der Waals surface area (Å²) in [6, 6.07) is 2.57. The Morgan fingerprint density at radius 2 is 2.12 bits per heavy atom. The predicted octanol–water partition coefficient (Wildman–Crippen LogP) is 3.93. The number of nitrogens with zero attached hydrogens (tertiary/aromatic N) is 1. The molecule has 0 aliphatic carbocycles. The molecule has 2 nitrogen and oxygen atoms in total. The average molecular weight is 285 g/mol. The first kappa shape index (κ1) is 13.7. The molecular formula is C13H21BrN2. The van der Waals surface area contributed by atoms with E-state index in [1.165, 1.54) is 12.0 Å². The van der Waals surface area contributed by atoms with Crippen molar-refractivity contribution < 1.29 is 0 Å². The van der Waals surface area contributed by atoms with Gasteiger partial charge in [0.05, 0.1) is 0 Å². The molecule has 1 N–H and O–H groups in total. The van der Waals surface area contributed by atoms with Crippen LogP contribution in [0.25, 0.3) is 0 Å². The zero-order valence-electron chi connectivity index (χ0n) is 10.3. The van der Waals surface area contributed by atoms with Crippen molar-refractivity contribution in [3.05, 3.63) is 28.5 Å². The van der Waals surface area contributed by atoms with Crippen molar-refractivity contribution in [2.75, 3.05) is 6.54 Å². The smallest absolute Gasteiger partial charge is 0.0410 e. The Balaban J connectivity index is 2.82. The van der Waals surface area contributed by atoms with Gasteiger partial charge in [0.15, 0.2) is 0 Å². The van der Waals surface area contributed by atoms with Gasteiger partial charge in [-0.3, -0.25) is 4.98 Å². The number of nitrogens with one attached hydrogen (secondary N) is 1. The van der Waals surface area contributed by atoms with Gasteiger partial charge in [0.1, 0.15) is 0 Å². The van der Waals surface area contributed by atoms with E-state index in [4.69, 9.17) is 0 Å². The molecule has 16 heavy (non-hydrogen) atoms. The minimum absolute atomic E-state index is 0.412. The summed E-state index contributed by atoms with van der Waals surface area (Å²) in [5.74, 6) is 0.627. The lowest BCUT2D eigenvalue weighted by atomic mass is 9.93. The van der Waals surface area contributed by atoms with Crippen LogP contribution in [0.2, 0.25) is 0 Å². The van der Waals surface area contributed by atoms with Gasteiger partial charge in [-0.1, -0.05) is 27.2 Å². The Labute approximate surface area is 107 Å². The fraction of sp³-hybridized carbons (Fsp3) is 0.615. The quantitative estimate of drug-likeness (QED) is 0.856. The summed E-state index contributed by atoms with van der Waals surface area (Å²) in [6.07, 6.45) is 6.13. The Hall–Kier alpha value is -0.410. The van der Waals surface area contributed by atoms with Crippen LogP contribution in [0.1, 0.15) is 45.2 Å². The lowest BCUT2D eigenvalue weighted by Gasteiger charge is -2.24. The van der Waals surface area contributed by atoms with Gasteiger partial charge in [0.2, 0.25) is 0 Å². The maximum atomic E-state index is 4.24. The van der Waals surface area contributed by atoms with Crippen LogP contribution in [-0.2, 0) is 0 Å². The van der Waals surface area contributed by atoms with Crippen molar-refractivity contribution in [2.45, 2.75) is 39.7 Å². The summed E-state index contributed by atoms with van der Waals surface area (Å²) >= 11 is 3.48. The van der Waals surface area contributed by atoms with Gasteiger partial charge < -0.3 is 5.32 Å². The molecule has 1 heterocycles. The average Bonchev–Trinajstić information content (AvgIpc) is 2.29. The van der Waals surface area contributed by atoms with E-state index in [9.17, 15) is 0 Å². The largest absolute Gasteiger partial charge is 0.310 e. The van der Waals surface area contributed by atoms with Gasteiger partial charge in [-0.2, -0.15) is 0 Å². The number of aromatic nitrogens is 1. The maximum Gasteiger partial charge on any atom is 0.0410 e. The zero-order valence-corrected chi connectivity index (χ0v) is 11.9. The molecule has 2 unspecified atom stereocenters. The van der Waals surface area contributed by atoms with Crippen molar-refractivity contribution in [3.8, 4) is 0 Å². The van der Waals surface area contributed by atoms with Gasteiger partial charge in [0, 0.05) is 22.9 Å². The molecule has 0 fully saturated rings. The number of rotatable bonds is 6. The van der Waals surface area contributed by atoms with E-state index in [1.54, 1.807) is 0 Å². The SMILES string of the molecule is CCCNC(c1cncc(Br)c1)C(C)CC. The molecule has 0 bridgehead atoms. The van der Waals surface area contributed by atoms with Crippen LogP contribution in [0.5, 0.6) is 0 Å². The number of hydrogen-bond acceptors (Lipinski definition) is 2. The van der Waals surface area contributed by atoms with Crippen molar-refractivity contribution in [1.82, 2.24) is 10.3 Å². The monoisotopic (exact) mass is 284 g/mol. The third-order valence-electron chi connectivity index (χ3n) is 2.91. The topological polar surface area (TPSA) is 24.9 Å². The Morgan fingerprint density at radius 1 is 1.38 bits per heavy atom. The summed E-state index contributed by atoms with van der Waals surface area (Å²) in [5, 5.41) is 3.60. The predicted molar refractivity (Wildman–Crippen MR) is 72.4 cm³/mol. The van der Waals surface area contributed by atoms with E-state index in [1.807, 2.05) is 12.4 Å². The van der Waals surface area contributed by atoms with Crippen molar-refractivity contribution >= 4 is 15.9 Å². The standard InChI is InChI=1S/C13H21BrN2/c1-4-6-16-13(10(3)5-2)11-7-12(14)9-15-8-11/h7-10,13,16H,4-6H2,1-3H3. The van der Waals surface area contributed by atoms with Crippen molar-refractivity contribution in [2.24, 2.45) is 5.92 Å². The van der Waals surface area contributed by atoms with Crippen molar-refractivity contribution in [3.63, 3.8) is 0 Å². The molecule has 0 aliphatic rings. The van der Waals surface area contributed by atoms with Crippen LogP contribution in [0.4, 0.5) is 0 Å². The molecule has 90 valence electrons. The van der Waals surface area contributed by atoms with Crippen LogP contribution >= 0.6 is 15.9 Å². The summed E-state index contributed by atoms with van der Waals surface area (Å²) in [7, 11) is 0. The van der Waals surface area contributed by atoms with Gasteiger partial charge in [0.25, 0.3) is 0 Å². The number of pyridine rings is 1. The first-order valence-corrected chi connectivity index (χ1v) is 6.82. The summed E-state index contributed by atoms with van der Waals surface area (Å²) in [6.45, 7) is 7.77. The normalized spacial score (nSPS) is 14.8. The highest BCUT2D eigenvalue weighted by Gasteiger charge is 2.17. The number of hydrogen-bond donors (Lipinski definition) is 1. The van der Waals surface area contributed by atoms with Crippen LogP contribution in [0.15, 0.2) is 22.9 Å². The number of halogens is 1. The highest BCUT2D eigenvalue weighted by atomic mass is 79.9. The van der Waals surface area contributed by atoms with Crippen LogP contribution < -0.4 is 5.32 Å². The van der Waals surface area contributed by atoms with Gasteiger partial charge >= 0.3 is 0 Å². The Bertz CT molecular complexity index is 315. The van der Waals surface area contributed by atoms with Gasteiger partial charge in [-0.05, 0) is 46.4 Å². The van der Waals surface area contributed by atoms with E-state index in [0.29, 0.717) is 12.0 Å². The van der Waals surface area contributed by atoms with E-state index >= 15 is 0 Å². The van der Waals surface area contributed by atoms with Crippen LogP contribution in [0, 0.1) is 5.92 Å². The highest BCUT2D eigenvalue weighted by Crippen LogP contribution is 2.25. The molecule has 1 aromatic rings. The molecule has 2 atom stereocenters. The summed E-state index contributed by atoms with van der Waals surface area (Å²) < 4.78 is 1.05. The molecule has 1 aromatic heterocycles. The molecule has 0 saturated carbocycles. The van der Waals surface area contributed by atoms with Crippen molar-refractivity contribution in [1.29, 1.82) is 0 Å². The molecule has 0 saturated heterocycles. The third-order valence-corrected chi connectivity index (χ3v) is 3.35. The first-order chi connectivity index (χ1) is 7.69. The molecule has 0 aromatic carbocycles. The lowest BCUT2D eigenvalue weighted by molar-refractivity contribution is 0.376. The van der Waals surface area contributed by atoms with E-state index in [-0.39, 0.29) is 0 Å².